The Kier molecular flexibility index (Phi) is 6.61. The molecular weight excluding hydrogens is 412 g/mol. The van der Waals surface area contributed by atoms with Gasteiger partial charge in [-0.15, -0.1) is 12.4 Å². The lowest BCUT2D eigenvalue weighted by Gasteiger charge is -2.28. The zero-order chi connectivity index (χ0) is 18.8. The summed E-state index contributed by atoms with van der Waals surface area (Å²) in [5, 5.41) is 0.309. The lowest BCUT2D eigenvalue weighted by Crippen LogP contribution is -2.43. The van der Waals surface area contributed by atoms with Crippen molar-refractivity contribution < 1.29 is 22.7 Å². The topological polar surface area (TPSA) is 58.8 Å². The predicted octanol–water partition coefficient (Wildman–Crippen LogP) is 3.57. The number of carbonyl (C=O) groups excluding carboxylic acids is 1. The number of furan rings is 1. The molecule has 0 aliphatic carbocycles. The van der Waals surface area contributed by atoms with Crippen molar-refractivity contribution in [3.05, 3.63) is 47.9 Å². The molecule has 10 heteroatoms. The second-order valence-corrected chi connectivity index (χ2v) is 7.13. The number of fused-ring (bicyclic) bond motifs is 1. The van der Waals surface area contributed by atoms with Crippen molar-refractivity contribution in [1.82, 2.24) is 9.88 Å². The van der Waals surface area contributed by atoms with E-state index in [2.05, 4.69) is 9.88 Å². The highest BCUT2D eigenvalue weighted by molar-refractivity contribution is 7.22. The molecule has 0 N–H and O–H groups in total. The number of anilines is 1. The molecule has 6 nitrogen and oxygen atoms in total. The largest absolute Gasteiger partial charge is 0.459 e. The number of hydrogen-bond donors (Lipinski definition) is 0. The van der Waals surface area contributed by atoms with Crippen LogP contribution in [-0.2, 0) is 4.74 Å². The number of carbonyl (C=O) groups is 1. The maximum atomic E-state index is 14.0. The van der Waals surface area contributed by atoms with E-state index in [-0.39, 0.29) is 29.6 Å². The minimum atomic E-state index is -0.744. The minimum Gasteiger partial charge on any atom is -0.459 e. The first kappa shape index (κ1) is 20.7. The molecule has 3 aromatic rings. The first-order chi connectivity index (χ1) is 13.1. The molecule has 0 saturated carbocycles. The SMILES string of the molecule is Cl.O=C(c1ccco1)N(CCN1CCOCC1)c1nc2c(F)cc(F)cc2s1. The first-order valence-corrected chi connectivity index (χ1v) is 9.34. The van der Waals surface area contributed by atoms with Gasteiger partial charge in [-0.05, 0) is 18.2 Å². The second-order valence-electron chi connectivity index (χ2n) is 6.12. The highest BCUT2D eigenvalue weighted by Gasteiger charge is 2.25. The van der Waals surface area contributed by atoms with E-state index >= 15 is 0 Å². The summed E-state index contributed by atoms with van der Waals surface area (Å²) in [6.07, 6.45) is 1.42. The van der Waals surface area contributed by atoms with Crippen molar-refractivity contribution in [2.24, 2.45) is 0 Å². The van der Waals surface area contributed by atoms with Gasteiger partial charge in [0.2, 0.25) is 0 Å². The van der Waals surface area contributed by atoms with E-state index in [9.17, 15) is 13.6 Å². The number of nitrogens with zero attached hydrogens (tertiary/aromatic N) is 3. The average molecular weight is 430 g/mol. The van der Waals surface area contributed by atoms with Crippen LogP contribution in [0.1, 0.15) is 10.6 Å². The standard InChI is InChI=1S/C18H17F2N3O3S.ClH/c19-12-10-13(20)16-15(11-12)27-18(21-16)23(17(24)14-2-1-7-26-14)4-3-22-5-8-25-9-6-22;/h1-2,7,10-11H,3-6,8-9H2;1H. The van der Waals surface area contributed by atoms with Gasteiger partial charge >= 0.3 is 0 Å². The summed E-state index contributed by atoms with van der Waals surface area (Å²) in [7, 11) is 0. The lowest BCUT2D eigenvalue weighted by molar-refractivity contribution is 0.0390. The van der Waals surface area contributed by atoms with Crippen molar-refractivity contribution in [3.63, 3.8) is 0 Å². The molecule has 1 aromatic carbocycles. The van der Waals surface area contributed by atoms with Crippen LogP contribution >= 0.6 is 23.7 Å². The Balaban J connectivity index is 0.00000225. The molecule has 28 heavy (non-hydrogen) atoms. The van der Waals surface area contributed by atoms with Gasteiger partial charge in [0.15, 0.2) is 16.7 Å². The number of morpholine rings is 1. The zero-order valence-corrected chi connectivity index (χ0v) is 16.4. The Bertz CT molecular complexity index is 945. The average Bonchev–Trinajstić information content (AvgIpc) is 3.32. The molecule has 1 saturated heterocycles. The summed E-state index contributed by atoms with van der Waals surface area (Å²) >= 11 is 1.08. The molecule has 4 rings (SSSR count). The number of benzene rings is 1. The van der Waals surface area contributed by atoms with Crippen LogP contribution in [0.25, 0.3) is 10.2 Å². The number of halogens is 3. The van der Waals surface area contributed by atoms with Crippen molar-refractivity contribution in [2.75, 3.05) is 44.3 Å². The highest BCUT2D eigenvalue weighted by Crippen LogP contribution is 2.32. The van der Waals surface area contributed by atoms with Gasteiger partial charge < -0.3 is 9.15 Å². The molecule has 0 bridgehead atoms. The first-order valence-electron chi connectivity index (χ1n) is 8.53. The van der Waals surface area contributed by atoms with E-state index in [1.165, 1.54) is 17.2 Å². The van der Waals surface area contributed by atoms with Crippen LogP contribution in [0, 0.1) is 11.6 Å². The number of aromatic nitrogens is 1. The smallest absolute Gasteiger partial charge is 0.295 e. The fraction of sp³-hybridized carbons (Fsp3) is 0.333. The third-order valence-electron chi connectivity index (χ3n) is 4.35. The number of amides is 1. The van der Waals surface area contributed by atoms with Crippen LogP contribution in [0.4, 0.5) is 13.9 Å². The second kappa shape index (κ2) is 8.95. The monoisotopic (exact) mass is 429 g/mol. The normalized spacial score (nSPS) is 14.8. The third kappa shape index (κ3) is 4.33. The molecule has 1 amide bonds. The van der Waals surface area contributed by atoms with E-state index in [4.69, 9.17) is 9.15 Å². The molecule has 2 aromatic heterocycles. The number of rotatable bonds is 5. The van der Waals surface area contributed by atoms with E-state index < -0.39 is 11.6 Å². The van der Waals surface area contributed by atoms with Crippen LogP contribution in [-0.4, -0.2) is 55.2 Å². The van der Waals surface area contributed by atoms with Gasteiger partial charge in [-0.25, -0.2) is 13.8 Å². The Morgan fingerprint density at radius 1 is 1.29 bits per heavy atom. The maximum absolute atomic E-state index is 14.0. The molecule has 1 fully saturated rings. The summed E-state index contributed by atoms with van der Waals surface area (Å²) < 4.78 is 38.5. The summed E-state index contributed by atoms with van der Waals surface area (Å²) in [6.45, 7) is 3.83. The molecule has 0 spiro atoms. The molecular formula is C18H18ClF2N3O3S. The quantitative estimate of drug-likeness (QED) is 0.620. The molecule has 1 aliphatic heterocycles. The molecule has 0 unspecified atom stereocenters. The Hall–Kier alpha value is -2.07. The van der Waals surface area contributed by atoms with Crippen molar-refractivity contribution >= 4 is 45.0 Å². The molecule has 3 heterocycles. The highest BCUT2D eigenvalue weighted by atomic mass is 35.5. The summed E-state index contributed by atoms with van der Waals surface area (Å²) in [4.78, 5) is 20.8. The van der Waals surface area contributed by atoms with Crippen LogP contribution in [0.2, 0.25) is 0 Å². The number of ether oxygens (including phenoxy) is 1. The van der Waals surface area contributed by atoms with E-state index in [0.717, 1.165) is 30.5 Å². The molecule has 0 atom stereocenters. The van der Waals surface area contributed by atoms with Crippen molar-refractivity contribution in [3.8, 4) is 0 Å². The van der Waals surface area contributed by atoms with Gasteiger partial charge in [-0.3, -0.25) is 14.6 Å². The number of thiazole rings is 1. The van der Waals surface area contributed by atoms with Crippen molar-refractivity contribution in [1.29, 1.82) is 0 Å². The fourth-order valence-electron chi connectivity index (χ4n) is 2.94. The maximum Gasteiger partial charge on any atom is 0.295 e. The van der Waals surface area contributed by atoms with E-state index in [1.54, 1.807) is 12.1 Å². The van der Waals surface area contributed by atoms with Gasteiger partial charge in [0.25, 0.3) is 5.91 Å². The van der Waals surface area contributed by atoms with Gasteiger partial charge in [0.05, 0.1) is 24.2 Å². The Labute approximate surface area is 170 Å². The molecule has 0 radical (unpaired) electrons. The van der Waals surface area contributed by atoms with E-state index in [0.29, 0.717) is 36.1 Å². The van der Waals surface area contributed by atoms with E-state index in [1.807, 2.05) is 0 Å². The minimum absolute atomic E-state index is 0. The van der Waals surface area contributed by atoms with Gasteiger partial charge in [-0.2, -0.15) is 0 Å². The lowest BCUT2D eigenvalue weighted by atomic mass is 10.3. The van der Waals surface area contributed by atoms with Crippen LogP contribution in [0.3, 0.4) is 0 Å². The molecule has 1 aliphatic rings. The molecule has 150 valence electrons. The third-order valence-corrected chi connectivity index (χ3v) is 5.38. The Morgan fingerprint density at radius 3 is 2.79 bits per heavy atom. The summed E-state index contributed by atoms with van der Waals surface area (Å²) in [6, 6.07) is 5.20. The van der Waals surface area contributed by atoms with Crippen LogP contribution in [0.15, 0.2) is 34.9 Å². The van der Waals surface area contributed by atoms with Gasteiger partial charge in [0.1, 0.15) is 11.3 Å². The predicted molar refractivity (Wildman–Crippen MR) is 104 cm³/mol. The van der Waals surface area contributed by atoms with Gasteiger partial charge in [0, 0.05) is 32.2 Å². The fourth-order valence-corrected chi connectivity index (χ4v) is 3.97. The Morgan fingerprint density at radius 2 is 2.07 bits per heavy atom. The van der Waals surface area contributed by atoms with Crippen molar-refractivity contribution in [2.45, 2.75) is 0 Å². The van der Waals surface area contributed by atoms with Crippen LogP contribution < -0.4 is 4.90 Å². The summed E-state index contributed by atoms with van der Waals surface area (Å²) in [5.74, 6) is -1.62. The number of hydrogen-bond acceptors (Lipinski definition) is 6. The zero-order valence-electron chi connectivity index (χ0n) is 14.8. The summed E-state index contributed by atoms with van der Waals surface area (Å²) in [5.41, 5.74) is 0.0556. The van der Waals surface area contributed by atoms with Crippen LogP contribution in [0.5, 0.6) is 0 Å². The van der Waals surface area contributed by atoms with Gasteiger partial charge in [-0.1, -0.05) is 11.3 Å².